The minimum Gasteiger partial charge on any atom is -0.352 e. The zero-order valence-corrected chi connectivity index (χ0v) is 15.3. The van der Waals surface area contributed by atoms with E-state index in [9.17, 15) is 9.59 Å². The van der Waals surface area contributed by atoms with Crippen LogP contribution in [0, 0.1) is 0 Å². The number of nitrogens with zero attached hydrogens (tertiary/aromatic N) is 2. The van der Waals surface area contributed by atoms with Gasteiger partial charge in [0.1, 0.15) is 0 Å². The number of hydrogen-bond donors (Lipinski definition) is 1. The van der Waals surface area contributed by atoms with Crippen molar-refractivity contribution in [3.05, 3.63) is 35.4 Å². The molecule has 5 nitrogen and oxygen atoms in total. The van der Waals surface area contributed by atoms with E-state index in [0.29, 0.717) is 13.0 Å². The predicted octanol–water partition coefficient (Wildman–Crippen LogP) is 2.12. The number of carbonyl (C=O) groups is 2. The first kappa shape index (κ1) is 17.9. The average molecular weight is 343 g/mol. The van der Waals surface area contributed by atoms with E-state index in [-0.39, 0.29) is 23.9 Å². The summed E-state index contributed by atoms with van der Waals surface area (Å²) in [6.07, 6.45) is 3.38. The Labute approximate surface area is 150 Å². The number of rotatable bonds is 4. The number of likely N-dealkylation sites (tertiary alicyclic amines) is 1. The minimum atomic E-state index is -0.145. The average Bonchev–Trinajstić information content (AvgIpc) is 2.61. The molecule has 1 fully saturated rings. The highest BCUT2D eigenvalue weighted by atomic mass is 16.2. The van der Waals surface area contributed by atoms with Gasteiger partial charge in [0, 0.05) is 26.1 Å². The van der Waals surface area contributed by atoms with Gasteiger partial charge in [-0.05, 0) is 43.5 Å². The van der Waals surface area contributed by atoms with Crippen LogP contribution in [0.1, 0.15) is 50.3 Å². The lowest BCUT2D eigenvalue weighted by molar-refractivity contribution is -0.133. The number of hydrogen-bond acceptors (Lipinski definition) is 3. The number of carbonyl (C=O) groups excluding carboxylic acids is 2. The molecule has 1 aromatic carbocycles. The van der Waals surface area contributed by atoms with Gasteiger partial charge in [-0.1, -0.05) is 31.2 Å². The zero-order valence-electron chi connectivity index (χ0n) is 15.3. The van der Waals surface area contributed by atoms with Gasteiger partial charge in [-0.3, -0.25) is 9.59 Å². The van der Waals surface area contributed by atoms with Crippen molar-refractivity contribution in [1.82, 2.24) is 15.1 Å². The number of amides is 2. The van der Waals surface area contributed by atoms with E-state index in [1.54, 1.807) is 6.92 Å². The largest absolute Gasteiger partial charge is 0.352 e. The van der Waals surface area contributed by atoms with Crippen LogP contribution in [0.3, 0.4) is 0 Å². The SMILES string of the molecule is CCN1CCC[C@H](NC(=O)C[C@@H]2c3ccccc3CCN2C(C)=O)C1. The fourth-order valence-electron chi connectivity index (χ4n) is 4.17. The summed E-state index contributed by atoms with van der Waals surface area (Å²) in [6, 6.07) is 8.27. The summed E-state index contributed by atoms with van der Waals surface area (Å²) in [7, 11) is 0. The fraction of sp³-hybridized carbons (Fsp3) is 0.600. The van der Waals surface area contributed by atoms with Gasteiger partial charge in [0.05, 0.1) is 12.5 Å². The number of fused-ring (bicyclic) bond motifs is 1. The molecule has 1 N–H and O–H groups in total. The van der Waals surface area contributed by atoms with Crippen molar-refractivity contribution < 1.29 is 9.59 Å². The molecule has 2 amide bonds. The van der Waals surface area contributed by atoms with Crippen molar-refractivity contribution in [1.29, 1.82) is 0 Å². The lowest BCUT2D eigenvalue weighted by atomic mass is 9.90. The van der Waals surface area contributed by atoms with E-state index in [4.69, 9.17) is 0 Å². The normalized spacial score (nSPS) is 23.8. The first-order valence-corrected chi connectivity index (χ1v) is 9.45. The van der Waals surface area contributed by atoms with E-state index in [1.165, 1.54) is 5.56 Å². The Morgan fingerprint density at radius 2 is 2.04 bits per heavy atom. The maximum Gasteiger partial charge on any atom is 0.222 e. The van der Waals surface area contributed by atoms with Gasteiger partial charge in [0.2, 0.25) is 11.8 Å². The molecule has 1 aromatic rings. The highest BCUT2D eigenvalue weighted by Crippen LogP contribution is 2.32. The minimum absolute atomic E-state index is 0.0436. The highest BCUT2D eigenvalue weighted by Gasteiger charge is 2.31. The Morgan fingerprint density at radius 3 is 2.80 bits per heavy atom. The quantitative estimate of drug-likeness (QED) is 0.911. The van der Waals surface area contributed by atoms with Crippen LogP contribution in [-0.2, 0) is 16.0 Å². The summed E-state index contributed by atoms with van der Waals surface area (Å²) in [4.78, 5) is 29.0. The molecule has 3 rings (SSSR count). The molecule has 1 saturated heterocycles. The van der Waals surface area contributed by atoms with Crippen molar-refractivity contribution in [2.24, 2.45) is 0 Å². The van der Waals surface area contributed by atoms with Crippen molar-refractivity contribution in [2.75, 3.05) is 26.2 Å². The Hall–Kier alpha value is -1.88. The zero-order chi connectivity index (χ0) is 17.8. The first-order valence-electron chi connectivity index (χ1n) is 9.45. The third-order valence-electron chi connectivity index (χ3n) is 5.51. The molecule has 0 saturated carbocycles. The van der Waals surface area contributed by atoms with Gasteiger partial charge in [0.15, 0.2) is 0 Å². The second-order valence-electron chi connectivity index (χ2n) is 7.18. The third-order valence-corrected chi connectivity index (χ3v) is 5.51. The topological polar surface area (TPSA) is 52.7 Å². The van der Waals surface area contributed by atoms with Crippen LogP contribution in [0.25, 0.3) is 0 Å². The smallest absolute Gasteiger partial charge is 0.222 e. The molecule has 2 heterocycles. The molecule has 2 atom stereocenters. The van der Waals surface area contributed by atoms with E-state index in [2.05, 4.69) is 29.3 Å². The monoisotopic (exact) mass is 343 g/mol. The van der Waals surface area contributed by atoms with Crippen LogP contribution < -0.4 is 5.32 Å². The molecular formula is C20H29N3O2. The first-order chi connectivity index (χ1) is 12.1. The van der Waals surface area contributed by atoms with Crippen molar-refractivity contribution in [2.45, 2.75) is 51.6 Å². The van der Waals surface area contributed by atoms with Gasteiger partial charge < -0.3 is 15.1 Å². The molecule has 0 aromatic heterocycles. The standard InChI is InChI=1S/C20H29N3O2/c1-3-22-11-6-8-17(14-22)21-20(25)13-19-18-9-5-4-7-16(18)10-12-23(19)15(2)24/h4-5,7,9,17,19H,3,6,8,10-14H2,1-2H3,(H,21,25)/t17-,19+/m0/s1. The summed E-state index contributed by atoms with van der Waals surface area (Å²) in [5.41, 5.74) is 2.38. The molecule has 0 spiro atoms. The second kappa shape index (κ2) is 8.00. The van der Waals surface area contributed by atoms with Crippen molar-refractivity contribution in [3.8, 4) is 0 Å². The van der Waals surface area contributed by atoms with Crippen LogP contribution in [-0.4, -0.2) is 53.8 Å². The molecule has 5 heteroatoms. The summed E-state index contributed by atoms with van der Waals surface area (Å²) in [6.45, 7) is 7.53. The van der Waals surface area contributed by atoms with Gasteiger partial charge in [-0.25, -0.2) is 0 Å². The van der Waals surface area contributed by atoms with Gasteiger partial charge in [-0.2, -0.15) is 0 Å². The molecule has 0 aliphatic carbocycles. The summed E-state index contributed by atoms with van der Waals surface area (Å²) in [5, 5.41) is 3.20. The Morgan fingerprint density at radius 1 is 1.24 bits per heavy atom. The van der Waals surface area contributed by atoms with Crippen molar-refractivity contribution in [3.63, 3.8) is 0 Å². The van der Waals surface area contributed by atoms with E-state index in [1.807, 2.05) is 17.0 Å². The third kappa shape index (κ3) is 4.21. The fourth-order valence-corrected chi connectivity index (χ4v) is 4.17. The highest BCUT2D eigenvalue weighted by molar-refractivity contribution is 5.80. The summed E-state index contributed by atoms with van der Waals surface area (Å²) in [5.74, 6) is 0.0954. The van der Waals surface area contributed by atoms with Crippen LogP contribution in [0.15, 0.2) is 24.3 Å². The molecule has 2 aliphatic heterocycles. The van der Waals surface area contributed by atoms with Crippen molar-refractivity contribution >= 4 is 11.8 Å². The predicted molar refractivity (Wildman–Crippen MR) is 98.2 cm³/mol. The molecule has 2 aliphatic rings. The van der Waals surface area contributed by atoms with Crippen LogP contribution in [0.4, 0.5) is 0 Å². The van der Waals surface area contributed by atoms with Crippen LogP contribution >= 0.6 is 0 Å². The van der Waals surface area contributed by atoms with Gasteiger partial charge in [0.25, 0.3) is 0 Å². The molecule has 0 unspecified atom stereocenters. The molecule has 0 bridgehead atoms. The number of benzene rings is 1. The van der Waals surface area contributed by atoms with Crippen LogP contribution in [0.5, 0.6) is 0 Å². The van der Waals surface area contributed by atoms with E-state index >= 15 is 0 Å². The maximum atomic E-state index is 12.7. The number of likely N-dealkylation sites (N-methyl/N-ethyl adjacent to an activating group) is 1. The molecule has 25 heavy (non-hydrogen) atoms. The second-order valence-corrected chi connectivity index (χ2v) is 7.18. The van der Waals surface area contributed by atoms with E-state index < -0.39 is 0 Å². The Balaban J connectivity index is 1.68. The Bertz CT molecular complexity index is 631. The summed E-state index contributed by atoms with van der Waals surface area (Å²) < 4.78 is 0. The Kier molecular flexibility index (Phi) is 5.74. The molecular weight excluding hydrogens is 314 g/mol. The van der Waals surface area contributed by atoms with Gasteiger partial charge in [-0.15, -0.1) is 0 Å². The lowest BCUT2D eigenvalue weighted by Gasteiger charge is -2.37. The van der Waals surface area contributed by atoms with Gasteiger partial charge >= 0.3 is 0 Å². The van der Waals surface area contributed by atoms with Crippen LogP contribution in [0.2, 0.25) is 0 Å². The number of piperidine rings is 1. The van der Waals surface area contributed by atoms with E-state index in [0.717, 1.165) is 44.5 Å². The molecule has 136 valence electrons. The number of nitrogens with one attached hydrogen (secondary N) is 1. The maximum absolute atomic E-state index is 12.7. The molecule has 0 radical (unpaired) electrons. The summed E-state index contributed by atoms with van der Waals surface area (Å²) >= 11 is 0. The lowest BCUT2D eigenvalue weighted by Crippen LogP contribution is -2.48.